The maximum absolute atomic E-state index is 5.75. The number of nitrogens with zero attached hydrogens (tertiary/aromatic N) is 1. The van der Waals surface area contributed by atoms with E-state index in [-0.39, 0.29) is 0 Å². The van der Waals surface area contributed by atoms with E-state index in [0.717, 1.165) is 30.7 Å². The highest BCUT2D eigenvalue weighted by Gasteiger charge is 2.18. The molecule has 0 atom stereocenters. The van der Waals surface area contributed by atoms with Gasteiger partial charge in [-0.05, 0) is 43.0 Å². The van der Waals surface area contributed by atoms with Crippen LogP contribution < -0.4 is 10.5 Å². The third kappa shape index (κ3) is 2.46. The van der Waals surface area contributed by atoms with Crippen LogP contribution in [-0.2, 0) is 19.4 Å². The van der Waals surface area contributed by atoms with Crippen LogP contribution in [0.5, 0.6) is 5.88 Å². The second-order valence-electron chi connectivity index (χ2n) is 4.53. The maximum atomic E-state index is 5.75. The topological polar surface area (TPSA) is 61.3 Å². The standard InChI is InChI=1S/C14H14N2O2S/c15-13(19)11-7-9-3-1-5-12(9)16-14(11)18-8-10-4-2-6-17-10/h2,4,6-7H,1,3,5,8H2,(H2,15,19). The Morgan fingerprint density at radius 1 is 1.47 bits per heavy atom. The molecule has 0 amide bonds. The lowest BCUT2D eigenvalue weighted by atomic mass is 10.1. The van der Waals surface area contributed by atoms with Gasteiger partial charge in [0.2, 0.25) is 5.88 Å². The van der Waals surface area contributed by atoms with Crippen LogP contribution in [0.3, 0.4) is 0 Å². The van der Waals surface area contributed by atoms with Crippen LogP contribution in [0, 0.1) is 0 Å². The van der Waals surface area contributed by atoms with E-state index in [4.69, 9.17) is 27.1 Å². The lowest BCUT2D eigenvalue weighted by Crippen LogP contribution is -2.14. The number of furan rings is 1. The van der Waals surface area contributed by atoms with E-state index in [1.807, 2.05) is 18.2 Å². The molecule has 5 heteroatoms. The zero-order valence-electron chi connectivity index (χ0n) is 10.4. The van der Waals surface area contributed by atoms with Crippen LogP contribution in [0.15, 0.2) is 28.9 Å². The monoisotopic (exact) mass is 274 g/mol. The molecular formula is C14H14N2O2S. The second kappa shape index (κ2) is 5.01. The molecule has 0 unspecified atom stereocenters. The summed E-state index contributed by atoms with van der Waals surface area (Å²) < 4.78 is 10.9. The molecule has 0 spiro atoms. The molecule has 1 aliphatic rings. The van der Waals surface area contributed by atoms with Gasteiger partial charge in [0.1, 0.15) is 17.4 Å². The number of rotatable bonds is 4. The first-order chi connectivity index (χ1) is 9.24. The van der Waals surface area contributed by atoms with Crippen molar-refractivity contribution in [2.24, 2.45) is 5.73 Å². The van der Waals surface area contributed by atoms with Crippen molar-refractivity contribution >= 4 is 17.2 Å². The zero-order chi connectivity index (χ0) is 13.2. The third-order valence-corrected chi connectivity index (χ3v) is 3.43. The van der Waals surface area contributed by atoms with Crippen molar-refractivity contribution in [2.75, 3.05) is 0 Å². The minimum absolute atomic E-state index is 0.316. The van der Waals surface area contributed by atoms with E-state index in [1.54, 1.807) is 6.26 Å². The third-order valence-electron chi connectivity index (χ3n) is 3.21. The van der Waals surface area contributed by atoms with Crippen molar-refractivity contribution < 1.29 is 9.15 Å². The molecule has 19 heavy (non-hydrogen) atoms. The first kappa shape index (κ1) is 12.2. The zero-order valence-corrected chi connectivity index (χ0v) is 11.2. The highest BCUT2D eigenvalue weighted by Crippen LogP contribution is 2.27. The molecule has 98 valence electrons. The van der Waals surface area contributed by atoms with E-state index in [1.165, 1.54) is 5.56 Å². The first-order valence-corrected chi connectivity index (χ1v) is 6.62. The molecule has 0 radical (unpaired) electrons. The quantitative estimate of drug-likeness (QED) is 0.867. The molecule has 1 aliphatic carbocycles. The lowest BCUT2D eigenvalue weighted by molar-refractivity contribution is 0.259. The highest BCUT2D eigenvalue weighted by atomic mass is 32.1. The van der Waals surface area contributed by atoms with Gasteiger partial charge in [-0.15, -0.1) is 0 Å². The van der Waals surface area contributed by atoms with Crippen molar-refractivity contribution in [3.8, 4) is 5.88 Å². The van der Waals surface area contributed by atoms with E-state index >= 15 is 0 Å². The summed E-state index contributed by atoms with van der Waals surface area (Å²) in [7, 11) is 0. The number of nitrogens with two attached hydrogens (primary N) is 1. The van der Waals surface area contributed by atoms with Gasteiger partial charge in [0.05, 0.1) is 11.8 Å². The van der Waals surface area contributed by atoms with Crippen molar-refractivity contribution in [3.63, 3.8) is 0 Å². The number of fused-ring (bicyclic) bond motifs is 1. The fourth-order valence-corrected chi connectivity index (χ4v) is 2.42. The molecule has 4 nitrogen and oxygen atoms in total. The van der Waals surface area contributed by atoms with E-state index in [0.29, 0.717) is 23.0 Å². The number of ether oxygens (including phenoxy) is 1. The van der Waals surface area contributed by atoms with Crippen molar-refractivity contribution in [1.82, 2.24) is 4.98 Å². The Hall–Kier alpha value is -1.88. The van der Waals surface area contributed by atoms with Crippen molar-refractivity contribution in [1.29, 1.82) is 0 Å². The number of thiocarbonyl (C=S) groups is 1. The molecule has 0 aliphatic heterocycles. The smallest absolute Gasteiger partial charge is 0.224 e. The minimum Gasteiger partial charge on any atom is -0.469 e. The summed E-state index contributed by atoms with van der Waals surface area (Å²) in [4.78, 5) is 4.86. The molecule has 0 bridgehead atoms. The molecule has 2 heterocycles. The Kier molecular flexibility index (Phi) is 3.21. The Bertz CT molecular complexity index is 608. The molecular weight excluding hydrogens is 260 g/mol. The summed E-state index contributed by atoms with van der Waals surface area (Å²) in [6.07, 6.45) is 4.77. The van der Waals surface area contributed by atoms with E-state index < -0.39 is 0 Å². The fraction of sp³-hybridized carbons (Fsp3) is 0.286. The molecule has 2 aromatic heterocycles. The summed E-state index contributed by atoms with van der Waals surface area (Å²) in [6, 6.07) is 5.69. The predicted molar refractivity (Wildman–Crippen MR) is 75.2 cm³/mol. The number of hydrogen-bond donors (Lipinski definition) is 1. The number of aryl methyl sites for hydroxylation is 2. The summed E-state index contributed by atoms with van der Waals surface area (Å²) in [6.45, 7) is 0.328. The van der Waals surface area contributed by atoms with Crippen LogP contribution in [0.2, 0.25) is 0 Å². The van der Waals surface area contributed by atoms with Gasteiger partial charge in [-0.3, -0.25) is 0 Å². The largest absolute Gasteiger partial charge is 0.469 e. The van der Waals surface area contributed by atoms with Crippen LogP contribution in [0.4, 0.5) is 0 Å². The molecule has 2 N–H and O–H groups in total. The molecule has 2 aromatic rings. The van der Waals surface area contributed by atoms with Crippen molar-refractivity contribution in [3.05, 3.63) is 47.0 Å². The second-order valence-corrected chi connectivity index (χ2v) is 4.97. The minimum atomic E-state index is 0.316. The van der Waals surface area contributed by atoms with E-state index in [2.05, 4.69) is 4.98 Å². The Morgan fingerprint density at radius 2 is 2.37 bits per heavy atom. The first-order valence-electron chi connectivity index (χ1n) is 6.22. The normalized spacial score (nSPS) is 13.3. The Morgan fingerprint density at radius 3 is 3.11 bits per heavy atom. The van der Waals surface area contributed by atoms with Crippen LogP contribution in [0.25, 0.3) is 0 Å². The van der Waals surface area contributed by atoms with Gasteiger partial charge in [0.15, 0.2) is 0 Å². The van der Waals surface area contributed by atoms with Gasteiger partial charge in [-0.25, -0.2) is 4.98 Å². The van der Waals surface area contributed by atoms with Gasteiger partial charge in [-0.1, -0.05) is 12.2 Å². The summed E-state index contributed by atoms with van der Waals surface area (Å²) in [5.41, 5.74) is 8.78. The van der Waals surface area contributed by atoms with Gasteiger partial charge in [-0.2, -0.15) is 0 Å². The summed E-state index contributed by atoms with van der Waals surface area (Å²) in [5, 5.41) is 0. The molecule has 3 rings (SSSR count). The highest BCUT2D eigenvalue weighted by molar-refractivity contribution is 7.80. The van der Waals surface area contributed by atoms with Crippen LogP contribution >= 0.6 is 12.2 Å². The van der Waals surface area contributed by atoms with Gasteiger partial charge in [0.25, 0.3) is 0 Å². The molecule has 0 saturated heterocycles. The number of pyridine rings is 1. The van der Waals surface area contributed by atoms with Gasteiger partial charge < -0.3 is 14.9 Å². The lowest BCUT2D eigenvalue weighted by Gasteiger charge is -2.11. The summed E-state index contributed by atoms with van der Waals surface area (Å²) in [5.74, 6) is 1.25. The SMILES string of the molecule is NC(=S)c1cc2c(nc1OCc1ccco1)CCC2. The Labute approximate surface area is 116 Å². The number of aromatic nitrogens is 1. The number of hydrogen-bond acceptors (Lipinski definition) is 4. The predicted octanol–water partition coefficient (Wildman–Crippen LogP) is 2.38. The molecule has 0 fully saturated rings. The van der Waals surface area contributed by atoms with Crippen molar-refractivity contribution in [2.45, 2.75) is 25.9 Å². The fourth-order valence-electron chi connectivity index (χ4n) is 2.27. The Balaban J connectivity index is 1.88. The van der Waals surface area contributed by atoms with E-state index in [9.17, 15) is 0 Å². The maximum Gasteiger partial charge on any atom is 0.224 e. The van der Waals surface area contributed by atoms with Crippen LogP contribution in [-0.4, -0.2) is 9.97 Å². The van der Waals surface area contributed by atoms with Gasteiger partial charge >= 0.3 is 0 Å². The average Bonchev–Trinajstić information content (AvgIpc) is 3.05. The van der Waals surface area contributed by atoms with Crippen LogP contribution in [0.1, 0.15) is 29.0 Å². The molecule has 0 saturated carbocycles. The summed E-state index contributed by atoms with van der Waals surface area (Å²) >= 11 is 5.07. The molecule has 0 aromatic carbocycles. The average molecular weight is 274 g/mol. The van der Waals surface area contributed by atoms with Gasteiger partial charge in [0, 0.05) is 5.69 Å².